The highest BCUT2D eigenvalue weighted by molar-refractivity contribution is 5.97. The number of anilines is 1. The largest absolute Gasteiger partial charge is 0.324 e. The molecule has 0 aliphatic rings. The maximum absolute atomic E-state index is 13.4. The zero-order valence-electron chi connectivity index (χ0n) is 10.2. The van der Waals surface area contributed by atoms with Crippen LogP contribution in [0.15, 0.2) is 18.2 Å². The zero-order chi connectivity index (χ0) is 13.0. The summed E-state index contributed by atoms with van der Waals surface area (Å²) in [5.74, 6) is -0.745. The van der Waals surface area contributed by atoms with E-state index in [9.17, 15) is 14.0 Å². The number of rotatable bonds is 4. The Labute approximate surface area is 100 Å². The van der Waals surface area contributed by atoms with Crippen LogP contribution in [0.1, 0.15) is 37.6 Å². The molecule has 1 aromatic rings. The molecule has 0 aliphatic carbocycles. The molecule has 0 saturated carbocycles. The number of hydrogen-bond acceptors (Lipinski definition) is 2. The second-order valence-electron chi connectivity index (χ2n) is 4.40. The summed E-state index contributed by atoms with van der Waals surface area (Å²) in [6.45, 7) is 5.21. The second-order valence-corrected chi connectivity index (χ2v) is 4.40. The number of halogens is 1. The van der Waals surface area contributed by atoms with E-state index < -0.39 is 5.82 Å². The van der Waals surface area contributed by atoms with Gasteiger partial charge < -0.3 is 5.32 Å². The molecule has 1 N–H and O–H groups in total. The lowest BCUT2D eigenvalue weighted by Crippen LogP contribution is -2.15. The van der Waals surface area contributed by atoms with E-state index in [2.05, 4.69) is 5.32 Å². The number of carbonyl (C=O) groups excluding carboxylic acids is 2. The Balaban J connectivity index is 2.86. The quantitative estimate of drug-likeness (QED) is 0.818. The van der Waals surface area contributed by atoms with E-state index >= 15 is 0 Å². The third kappa shape index (κ3) is 3.98. The maximum Gasteiger partial charge on any atom is 0.224 e. The minimum atomic E-state index is -0.535. The number of carbonyl (C=O) groups is 2. The van der Waals surface area contributed by atoms with Gasteiger partial charge in [-0.3, -0.25) is 9.59 Å². The molecule has 0 heterocycles. The van der Waals surface area contributed by atoms with Crippen LogP contribution >= 0.6 is 0 Å². The number of hydrogen-bond donors (Lipinski definition) is 1. The molecule has 17 heavy (non-hydrogen) atoms. The molecule has 0 aromatic heterocycles. The van der Waals surface area contributed by atoms with E-state index in [1.165, 1.54) is 25.1 Å². The van der Waals surface area contributed by atoms with Gasteiger partial charge in [0.25, 0.3) is 0 Å². The van der Waals surface area contributed by atoms with E-state index in [4.69, 9.17) is 0 Å². The first-order valence-corrected chi connectivity index (χ1v) is 5.50. The van der Waals surface area contributed by atoms with Crippen LogP contribution in [0.4, 0.5) is 10.1 Å². The van der Waals surface area contributed by atoms with Gasteiger partial charge in [-0.15, -0.1) is 0 Å². The normalized spacial score (nSPS) is 10.4. The zero-order valence-corrected chi connectivity index (χ0v) is 10.2. The lowest BCUT2D eigenvalue weighted by Gasteiger charge is -2.09. The number of amides is 1. The van der Waals surface area contributed by atoms with E-state index in [1.807, 2.05) is 13.8 Å². The third-order valence-electron chi connectivity index (χ3n) is 2.24. The molecule has 0 radical (unpaired) electrons. The highest BCUT2D eigenvalue weighted by Crippen LogP contribution is 2.17. The monoisotopic (exact) mass is 237 g/mol. The molecule has 0 spiro atoms. The van der Waals surface area contributed by atoms with Crippen molar-refractivity contribution in [2.75, 3.05) is 5.32 Å². The Kier molecular flexibility index (Phi) is 4.37. The van der Waals surface area contributed by atoms with Gasteiger partial charge in [-0.05, 0) is 31.0 Å². The summed E-state index contributed by atoms with van der Waals surface area (Å²) in [4.78, 5) is 22.6. The molecule has 1 aromatic carbocycles. The summed E-state index contributed by atoms with van der Waals surface area (Å²) in [6, 6.07) is 3.94. The highest BCUT2D eigenvalue weighted by atomic mass is 19.1. The van der Waals surface area contributed by atoms with E-state index in [-0.39, 0.29) is 23.3 Å². The van der Waals surface area contributed by atoms with Gasteiger partial charge >= 0.3 is 0 Å². The second kappa shape index (κ2) is 5.57. The van der Waals surface area contributed by atoms with Crippen LogP contribution in [0, 0.1) is 11.7 Å². The molecular weight excluding hydrogens is 221 g/mol. The first kappa shape index (κ1) is 13.4. The van der Waals surface area contributed by atoms with Crippen LogP contribution in [0.5, 0.6) is 0 Å². The van der Waals surface area contributed by atoms with Crippen LogP contribution in [0.3, 0.4) is 0 Å². The number of Topliss-reactive ketones (excluding diaryl/α,β-unsaturated/α-hetero) is 1. The van der Waals surface area contributed by atoms with Gasteiger partial charge in [-0.25, -0.2) is 4.39 Å². The molecule has 0 saturated heterocycles. The first-order chi connectivity index (χ1) is 7.90. The summed E-state index contributed by atoms with van der Waals surface area (Å²) < 4.78 is 13.4. The van der Waals surface area contributed by atoms with Crippen molar-refractivity contribution < 1.29 is 14.0 Å². The van der Waals surface area contributed by atoms with Crippen molar-refractivity contribution in [3.8, 4) is 0 Å². The SMILES string of the molecule is CC(=O)c1ccc(F)c(NC(=O)CC(C)C)c1. The number of benzene rings is 1. The Hall–Kier alpha value is -1.71. The van der Waals surface area contributed by atoms with Crippen molar-refractivity contribution >= 4 is 17.4 Å². The van der Waals surface area contributed by atoms with E-state index in [0.717, 1.165) is 0 Å². The Bertz CT molecular complexity index is 441. The van der Waals surface area contributed by atoms with E-state index in [0.29, 0.717) is 12.0 Å². The van der Waals surface area contributed by atoms with E-state index in [1.54, 1.807) is 0 Å². The molecule has 0 fully saturated rings. The van der Waals surface area contributed by atoms with Gasteiger partial charge in [0.15, 0.2) is 5.78 Å². The standard InChI is InChI=1S/C13H16FNO2/c1-8(2)6-13(17)15-12-7-10(9(3)16)4-5-11(12)14/h4-5,7-8H,6H2,1-3H3,(H,15,17). The Morgan fingerprint density at radius 2 is 2.00 bits per heavy atom. The minimum absolute atomic E-state index is 0.0587. The van der Waals surface area contributed by atoms with Gasteiger partial charge in [0.2, 0.25) is 5.91 Å². The molecular formula is C13H16FNO2. The van der Waals surface area contributed by atoms with Gasteiger partial charge in [0.1, 0.15) is 5.82 Å². The van der Waals surface area contributed by atoms with Crippen molar-refractivity contribution in [2.24, 2.45) is 5.92 Å². The van der Waals surface area contributed by atoms with Gasteiger partial charge in [-0.1, -0.05) is 13.8 Å². The Morgan fingerprint density at radius 1 is 1.35 bits per heavy atom. The molecule has 1 amide bonds. The van der Waals surface area contributed by atoms with Gasteiger partial charge in [-0.2, -0.15) is 0 Å². The van der Waals surface area contributed by atoms with Crippen LogP contribution in [-0.2, 0) is 4.79 Å². The fraction of sp³-hybridized carbons (Fsp3) is 0.385. The average Bonchev–Trinajstić information content (AvgIpc) is 2.19. The summed E-state index contributed by atoms with van der Waals surface area (Å²) >= 11 is 0. The Morgan fingerprint density at radius 3 is 2.53 bits per heavy atom. The summed E-state index contributed by atoms with van der Waals surface area (Å²) in [6.07, 6.45) is 0.323. The van der Waals surface area contributed by atoms with Crippen LogP contribution in [0.25, 0.3) is 0 Å². The summed E-state index contributed by atoms with van der Waals surface area (Å²) in [7, 11) is 0. The van der Waals surface area contributed by atoms with Gasteiger partial charge in [0, 0.05) is 12.0 Å². The lowest BCUT2D eigenvalue weighted by atomic mass is 10.1. The molecule has 0 bridgehead atoms. The van der Waals surface area contributed by atoms with Gasteiger partial charge in [0.05, 0.1) is 5.69 Å². The third-order valence-corrected chi connectivity index (χ3v) is 2.24. The first-order valence-electron chi connectivity index (χ1n) is 5.50. The predicted molar refractivity (Wildman–Crippen MR) is 64.5 cm³/mol. The van der Waals surface area contributed by atoms with Crippen molar-refractivity contribution in [2.45, 2.75) is 27.2 Å². The molecule has 3 nitrogen and oxygen atoms in total. The van der Waals surface area contributed by atoms with Crippen LogP contribution in [-0.4, -0.2) is 11.7 Å². The lowest BCUT2D eigenvalue weighted by molar-refractivity contribution is -0.116. The molecule has 0 atom stereocenters. The summed E-state index contributed by atoms with van der Waals surface area (Å²) in [5, 5.41) is 2.47. The number of nitrogens with one attached hydrogen (secondary N) is 1. The smallest absolute Gasteiger partial charge is 0.224 e. The average molecular weight is 237 g/mol. The van der Waals surface area contributed by atoms with Crippen molar-refractivity contribution in [1.82, 2.24) is 0 Å². The van der Waals surface area contributed by atoms with Crippen LogP contribution in [0.2, 0.25) is 0 Å². The van der Waals surface area contributed by atoms with Crippen molar-refractivity contribution in [1.29, 1.82) is 0 Å². The number of ketones is 1. The molecule has 1 rings (SSSR count). The minimum Gasteiger partial charge on any atom is -0.324 e. The summed E-state index contributed by atoms with van der Waals surface area (Å²) in [5.41, 5.74) is 0.439. The molecule has 92 valence electrons. The van der Waals surface area contributed by atoms with Crippen molar-refractivity contribution in [3.05, 3.63) is 29.6 Å². The maximum atomic E-state index is 13.4. The van der Waals surface area contributed by atoms with Crippen LogP contribution < -0.4 is 5.32 Å². The predicted octanol–water partition coefficient (Wildman–Crippen LogP) is 3.01. The topological polar surface area (TPSA) is 46.2 Å². The molecule has 0 aliphatic heterocycles. The molecule has 4 heteroatoms. The fourth-order valence-corrected chi connectivity index (χ4v) is 1.41. The highest BCUT2D eigenvalue weighted by Gasteiger charge is 2.10. The molecule has 0 unspecified atom stereocenters. The van der Waals surface area contributed by atoms with Crippen molar-refractivity contribution in [3.63, 3.8) is 0 Å². The fourth-order valence-electron chi connectivity index (χ4n) is 1.41.